The lowest BCUT2D eigenvalue weighted by atomic mass is 9.78. The Morgan fingerprint density at radius 2 is 2.17 bits per heavy atom. The number of halogens is 2. The van der Waals surface area contributed by atoms with Crippen LogP contribution in [0.2, 0.25) is 0 Å². The maximum Gasteiger partial charge on any atom is 0.268 e. The van der Waals surface area contributed by atoms with E-state index in [1.807, 2.05) is 0 Å². The van der Waals surface area contributed by atoms with Gasteiger partial charge in [-0.15, -0.1) is 0 Å². The molecule has 3 rings (SSSR count). The summed E-state index contributed by atoms with van der Waals surface area (Å²) in [5.74, 6) is -4.07. The van der Waals surface area contributed by atoms with Crippen LogP contribution in [0.25, 0.3) is 10.9 Å². The van der Waals surface area contributed by atoms with E-state index >= 15 is 0 Å². The van der Waals surface area contributed by atoms with Gasteiger partial charge >= 0.3 is 0 Å². The third-order valence-corrected chi connectivity index (χ3v) is 4.32. The number of nitrogens with two attached hydrogens (primary N) is 1. The van der Waals surface area contributed by atoms with E-state index in [0.717, 1.165) is 0 Å². The Hall–Kier alpha value is -2.31. The number of primary amides is 1. The topological polar surface area (TPSA) is 88.8 Å². The molecule has 1 amide bonds. The summed E-state index contributed by atoms with van der Waals surface area (Å²) in [6.07, 6.45) is 1.54. The summed E-state index contributed by atoms with van der Waals surface area (Å²) in [4.78, 5) is 30.6. The highest BCUT2D eigenvalue weighted by Gasteiger charge is 2.40. The van der Waals surface area contributed by atoms with Gasteiger partial charge in [-0.3, -0.25) is 14.6 Å². The van der Waals surface area contributed by atoms with Crippen molar-refractivity contribution in [2.24, 2.45) is 11.7 Å². The Morgan fingerprint density at radius 3 is 2.83 bits per heavy atom. The van der Waals surface area contributed by atoms with Crippen LogP contribution in [0, 0.1) is 5.92 Å². The van der Waals surface area contributed by atoms with Crippen LogP contribution in [0.5, 0.6) is 0 Å². The van der Waals surface area contributed by atoms with Crippen molar-refractivity contribution in [1.82, 2.24) is 9.97 Å². The minimum atomic E-state index is -2.73. The molecule has 2 aromatic heterocycles. The van der Waals surface area contributed by atoms with Gasteiger partial charge in [0.05, 0.1) is 10.9 Å². The van der Waals surface area contributed by atoms with Crippen LogP contribution in [0.15, 0.2) is 23.1 Å². The lowest BCUT2D eigenvalue weighted by Crippen LogP contribution is -2.30. The van der Waals surface area contributed by atoms with Crippen molar-refractivity contribution in [3.63, 3.8) is 0 Å². The predicted octanol–water partition coefficient (Wildman–Crippen LogP) is 2.56. The first-order valence-corrected chi connectivity index (χ1v) is 7.46. The van der Waals surface area contributed by atoms with Gasteiger partial charge in [-0.05, 0) is 18.4 Å². The van der Waals surface area contributed by atoms with Crippen molar-refractivity contribution in [3.05, 3.63) is 39.9 Å². The largest absolute Gasteiger partial charge is 0.364 e. The Balaban J connectivity index is 2.10. The second-order valence-corrected chi connectivity index (χ2v) is 6.34. The second kappa shape index (κ2) is 5.40. The molecule has 1 aliphatic carbocycles. The zero-order valence-corrected chi connectivity index (χ0v) is 12.6. The molecule has 2 aromatic rings. The zero-order chi connectivity index (χ0) is 16.8. The normalized spacial score (nSPS) is 23.8. The Kier molecular flexibility index (Phi) is 3.66. The van der Waals surface area contributed by atoms with Gasteiger partial charge in [-0.2, -0.15) is 0 Å². The number of aromatic nitrogens is 2. The van der Waals surface area contributed by atoms with Crippen molar-refractivity contribution < 1.29 is 13.6 Å². The molecule has 1 aliphatic rings. The first-order chi connectivity index (χ1) is 10.8. The smallest absolute Gasteiger partial charge is 0.268 e. The zero-order valence-electron chi connectivity index (χ0n) is 12.6. The van der Waals surface area contributed by atoms with E-state index < -0.39 is 23.2 Å². The van der Waals surface area contributed by atoms with Crippen molar-refractivity contribution in [2.45, 2.75) is 38.0 Å². The lowest BCUT2D eigenvalue weighted by Gasteiger charge is -2.33. The number of carbonyl (C=O) groups excluding carboxylic acids is 1. The number of hydrogen-bond donors (Lipinski definition) is 2. The first-order valence-electron chi connectivity index (χ1n) is 7.46. The summed E-state index contributed by atoms with van der Waals surface area (Å²) < 4.78 is 27.6. The minimum Gasteiger partial charge on any atom is -0.364 e. The first kappa shape index (κ1) is 15.6. The number of rotatable bonds is 2. The van der Waals surface area contributed by atoms with Gasteiger partial charge in [0.2, 0.25) is 5.92 Å². The van der Waals surface area contributed by atoms with E-state index in [4.69, 9.17) is 5.73 Å². The number of nitrogens with zero attached hydrogens (tertiary/aromatic N) is 1. The van der Waals surface area contributed by atoms with Crippen molar-refractivity contribution >= 4 is 16.8 Å². The van der Waals surface area contributed by atoms with Gasteiger partial charge in [0.1, 0.15) is 5.69 Å². The maximum absolute atomic E-state index is 13.8. The van der Waals surface area contributed by atoms with Crippen LogP contribution in [0.4, 0.5) is 8.78 Å². The van der Waals surface area contributed by atoms with E-state index in [1.165, 1.54) is 18.3 Å². The van der Waals surface area contributed by atoms with Crippen LogP contribution < -0.4 is 11.2 Å². The second-order valence-electron chi connectivity index (χ2n) is 6.34. The number of amides is 1. The monoisotopic (exact) mass is 321 g/mol. The summed E-state index contributed by atoms with van der Waals surface area (Å²) in [6, 6.07) is 2.83. The van der Waals surface area contributed by atoms with Gasteiger partial charge in [-0.1, -0.05) is 6.92 Å². The predicted molar refractivity (Wildman–Crippen MR) is 81.6 cm³/mol. The standard InChI is InChI=1S/C16H17F2N3O2/c1-8-4-9(7-16(17,18)6-8)11-5-12(22)13-10(21-11)2-3-20-14(13)15(19)23/h2-3,5,8-9H,4,6-7H2,1H3,(H2,19,23)(H,21,22)/t8?,9-/m0/s1. The van der Waals surface area contributed by atoms with Gasteiger partial charge in [0, 0.05) is 36.7 Å². The Morgan fingerprint density at radius 1 is 1.43 bits per heavy atom. The number of carbonyl (C=O) groups is 1. The fourth-order valence-electron chi connectivity index (χ4n) is 3.47. The van der Waals surface area contributed by atoms with Gasteiger partial charge < -0.3 is 10.7 Å². The molecule has 2 atom stereocenters. The average molecular weight is 321 g/mol. The molecule has 5 nitrogen and oxygen atoms in total. The quantitative estimate of drug-likeness (QED) is 0.891. The number of alkyl halides is 2. The number of hydrogen-bond acceptors (Lipinski definition) is 3. The molecule has 0 radical (unpaired) electrons. The number of pyridine rings is 2. The molecule has 0 saturated heterocycles. The number of aromatic amines is 1. The molecule has 0 aliphatic heterocycles. The van der Waals surface area contributed by atoms with E-state index in [1.54, 1.807) is 6.92 Å². The summed E-state index contributed by atoms with van der Waals surface area (Å²) in [5, 5.41) is 0.0966. The van der Waals surface area contributed by atoms with Gasteiger partial charge in [0.15, 0.2) is 5.43 Å². The summed E-state index contributed by atoms with van der Waals surface area (Å²) >= 11 is 0. The third-order valence-electron chi connectivity index (χ3n) is 4.32. The molecule has 0 aromatic carbocycles. The third kappa shape index (κ3) is 2.95. The molecule has 7 heteroatoms. The van der Waals surface area contributed by atoms with Crippen molar-refractivity contribution in [2.75, 3.05) is 0 Å². The van der Waals surface area contributed by atoms with Crippen LogP contribution in [0.1, 0.15) is 48.3 Å². The molecule has 1 fully saturated rings. The highest BCUT2D eigenvalue weighted by atomic mass is 19.3. The van der Waals surface area contributed by atoms with Crippen LogP contribution in [-0.2, 0) is 0 Å². The average Bonchev–Trinajstić information content (AvgIpc) is 2.44. The van der Waals surface area contributed by atoms with Crippen molar-refractivity contribution in [3.8, 4) is 0 Å². The highest BCUT2D eigenvalue weighted by Crippen LogP contribution is 2.43. The fraction of sp³-hybridized carbons (Fsp3) is 0.438. The van der Waals surface area contributed by atoms with E-state index in [9.17, 15) is 18.4 Å². The molecule has 1 saturated carbocycles. The van der Waals surface area contributed by atoms with Gasteiger partial charge in [0.25, 0.3) is 5.91 Å². The van der Waals surface area contributed by atoms with Gasteiger partial charge in [-0.25, -0.2) is 8.78 Å². The van der Waals surface area contributed by atoms with Crippen molar-refractivity contribution in [1.29, 1.82) is 0 Å². The molecule has 0 bridgehead atoms. The van der Waals surface area contributed by atoms with Crippen LogP contribution in [-0.4, -0.2) is 21.8 Å². The fourth-order valence-corrected chi connectivity index (χ4v) is 3.47. The van der Waals surface area contributed by atoms with E-state index in [-0.39, 0.29) is 29.8 Å². The molecule has 122 valence electrons. The minimum absolute atomic E-state index is 0.0966. The Bertz CT molecular complexity index is 832. The maximum atomic E-state index is 13.8. The molecule has 1 unspecified atom stereocenters. The number of H-pyrrole nitrogens is 1. The molecule has 2 heterocycles. The number of fused-ring (bicyclic) bond motifs is 1. The SMILES string of the molecule is CC1C[C@H](c2cc(=O)c3c(C(N)=O)nccc3[nH]2)CC(F)(F)C1. The van der Waals surface area contributed by atoms with Crippen LogP contribution >= 0.6 is 0 Å². The molecule has 3 N–H and O–H groups in total. The molecular weight excluding hydrogens is 304 g/mol. The van der Waals surface area contributed by atoms with E-state index in [2.05, 4.69) is 9.97 Å². The highest BCUT2D eigenvalue weighted by molar-refractivity contribution is 6.03. The summed E-state index contributed by atoms with van der Waals surface area (Å²) in [5.41, 5.74) is 5.54. The summed E-state index contributed by atoms with van der Waals surface area (Å²) in [7, 11) is 0. The molecular formula is C16H17F2N3O2. The molecule has 0 spiro atoms. The number of nitrogens with one attached hydrogen (secondary N) is 1. The summed E-state index contributed by atoms with van der Waals surface area (Å²) in [6.45, 7) is 1.79. The Labute approximate surface area is 130 Å². The van der Waals surface area contributed by atoms with Crippen LogP contribution in [0.3, 0.4) is 0 Å². The lowest BCUT2D eigenvalue weighted by molar-refractivity contribution is -0.0574. The molecule has 23 heavy (non-hydrogen) atoms. The van der Waals surface area contributed by atoms with E-state index in [0.29, 0.717) is 17.6 Å².